The van der Waals surface area contributed by atoms with Crippen LogP contribution in [0.15, 0.2) is 66.4 Å². The van der Waals surface area contributed by atoms with E-state index in [-0.39, 0.29) is 5.91 Å². The van der Waals surface area contributed by atoms with Gasteiger partial charge < -0.3 is 9.73 Å². The molecule has 0 spiro atoms. The van der Waals surface area contributed by atoms with Crippen molar-refractivity contribution in [1.82, 2.24) is 4.98 Å². The minimum Gasteiger partial charge on any atom is -0.436 e. The first kappa shape index (κ1) is 21.3. The zero-order valence-corrected chi connectivity index (χ0v) is 21.9. The Balaban J connectivity index is 1.66. The van der Waals surface area contributed by atoms with Gasteiger partial charge in [-0.3, -0.25) is 4.79 Å². The lowest BCUT2D eigenvalue weighted by molar-refractivity contribution is 0.102. The fraction of sp³-hybridized carbons (Fsp3) is 0. The third kappa shape index (κ3) is 4.56. The fourth-order valence-corrected chi connectivity index (χ4v) is 5.04. The molecule has 4 rings (SSSR count). The minimum atomic E-state index is -0.213. The number of halogens is 5. The number of fused-ring (bicyclic) bond motifs is 1. The van der Waals surface area contributed by atoms with Gasteiger partial charge in [0, 0.05) is 22.7 Å². The second-order valence-electron chi connectivity index (χ2n) is 6.03. The van der Waals surface area contributed by atoms with E-state index in [9.17, 15) is 4.79 Å². The number of amides is 1. The van der Waals surface area contributed by atoms with Crippen molar-refractivity contribution >= 4 is 105 Å². The van der Waals surface area contributed by atoms with E-state index in [0.29, 0.717) is 38.8 Å². The molecule has 0 aliphatic heterocycles. The summed E-state index contributed by atoms with van der Waals surface area (Å²) in [5.41, 5.74) is 3.10. The lowest BCUT2D eigenvalue weighted by Crippen LogP contribution is -2.13. The quantitative estimate of drug-likeness (QED) is 0.172. The molecule has 0 unspecified atom stereocenters. The molecule has 4 aromatic rings. The molecule has 0 radical (unpaired) electrons. The van der Waals surface area contributed by atoms with E-state index in [2.05, 4.69) is 80.7 Å². The number of nitrogens with zero attached hydrogens (tertiary/aromatic N) is 1. The third-order valence-electron chi connectivity index (χ3n) is 4.04. The number of anilines is 1. The summed E-state index contributed by atoms with van der Waals surface area (Å²) in [7, 11) is 0. The van der Waals surface area contributed by atoms with Crippen LogP contribution in [-0.2, 0) is 0 Å². The topological polar surface area (TPSA) is 55.1 Å². The van der Waals surface area contributed by atoms with Crippen molar-refractivity contribution in [2.75, 3.05) is 5.32 Å². The van der Waals surface area contributed by atoms with Gasteiger partial charge in [0.2, 0.25) is 5.89 Å². The Kier molecular flexibility index (Phi) is 6.36. The Hall–Kier alpha value is -0.940. The molecule has 4 nitrogen and oxygen atoms in total. The number of carbonyl (C=O) groups is 1. The van der Waals surface area contributed by atoms with Gasteiger partial charge in [0.25, 0.3) is 5.91 Å². The first-order chi connectivity index (χ1) is 13.8. The van der Waals surface area contributed by atoms with Gasteiger partial charge in [0.15, 0.2) is 5.58 Å². The van der Waals surface area contributed by atoms with Gasteiger partial charge in [0.05, 0.1) is 16.1 Å². The molecule has 0 fully saturated rings. The van der Waals surface area contributed by atoms with Crippen LogP contribution in [0.4, 0.5) is 5.69 Å². The summed E-state index contributed by atoms with van der Waals surface area (Å²) in [6, 6.07) is 14.5. The molecule has 9 heteroatoms. The van der Waals surface area contributed by atoms with E-state index < -0.39 is 0 Å². The maximum atomic E-state index is 12.8. The van der Waals surface area contributed by atoms with Crippen LogP contribution in [0.3, 0.4) is 0 Å². The van der Waals surface area contributed by atoms with Crippen LogP contribution in [0, 0.1) is 3.57 Å². The van der Waals surface area contributed by atoms with Gasteiger partial charge in [-0.05, 0) is 87.1 Å². The standard InChI is InChI=1S/C20H9Br3ClIN2O2/c21-9-1-3-15(24)12(5-9)20-27-16-8-11(2-4-17(16)29-20)26-19(28)13-6-10(22)7-14(23)18(13)25/h1-8H,(H,26,28). The molecule has 0 aliphatic rings. The monoisotopic (exact) mass is 708 g/mol. The predicted octanol–water partition coefficient (Wildman–Crippen LogP) is 8.29. The first-order valence-electron chi connectivity index (χ1n) is 8.14. The summed E-state index contributed by atoms with van der Waals surface area (Å²) >= 11 is 18.7. The Bertz CT molecular complexity index is 1280. The highest BCUT2D eigenvalue weighted by molar-refractivity contribution is 14.1. The summed E-state index contributed by atoms with van der Waals surface area (Å²) in [6.07, 6.45) is 0. The molecule has 1 N–H and O–H groups in total. The van der Waals surface area contributed by atoms with Crippen LogP contribution >= 0.6 is 82.0 Å². The number of hydrogen-bond donors (Lipinski definition) is 1. The SMILES string of the molecule is O=C(Nc1ccc2oc(-c3cc(Br)ccc3Cl)nc2c1)c1cc(Br)cc(Br)c1I. The van der Waals surface area contributed by atoms with E-state index >= 15 is 0 Å². The Labute approximate surface area is 209 Å². The molecule has 3 aromatic carbocycles. The summed E-state index contributed by atoms with van der Waals surface area (Å²) < 4.78 is 9.21. The van der Waals surface area contributed by atoms with Crippen LogP contribution in [0.5, 0.6) is 0 Å². The summed E-state index contributed by atoms with van der Waals surface area (Å²) in [5.74, 6) is 0.203. The lowest BCUT2D eigenvalue weighted by Gasteiger charge is -2.09. The van der Waals surface area contributed by atoms with E-state index in [1.165, 1.54) is 0 Å². The van der Waals surface area contributed by atoms with Gasteiger partial charge >= 0.3 is 0 Å². The van der Waals surface area contributed by atoms with Crippen LogP contribution in [0.2, 0.25) is 5.02 Å². The lowest BCUT2D eigenvalue weighted by atomic mass is 10.2. The van der Waals surface area contributed by atoms with Crippen LogP contribution < -0.4 is 5.32 Å². The van der Waals surface area contributed by atoms with Gasteiger partial charge in [-0.15, -0.1) is 0 Å². The zero-order chi connectivity index (χ0) is 20.7. The van der Waals surface area contributed by atoms with Gasteiger partial charge in [-0.2, -0.15) is 0 Å². The highest BCUT2D eigenvalue weighted by Crippen LogP contribution is 2.33. The Morgan fingerprint density at radius 3 is 2.62 bits per heavy atom. The summed E-state index contributed by atoms with van der Waals surface area (Å²) in [4.78, 5) is 17.3. The second kappa shape index (κ2) is 8.66. The molecule has 0 bridgehead atoms. The molecule has 29 heavy (non-hydrogen) atoms. The molecule has 1 heterocycles. The van der Waals surface area contributed by atoms with Crippen molar-refractivity contribution in [2.24, 2.45) is 0 Å². The Morgan fingerprint density at radius 1 is 1.03 bits per heavy atom. The molecule has 0 saturated carbocycles. The average molecular weight is 711 g/mol. The second-order valence-corrected chi connectivity index (χ2v) is 10.2. The van der Waals surface area contributed by atoms with Crippen LogP contribution in [-0.4, -0.2) is 10.9 Å². The number of benzene rings is 3. The number of hydrogen-bond acceptors (Lipinski definition) is 3. The molecule has 0 aliphatic carbocycles. The molecule has 1 amide bonds. The maximum absolute atomic E-state index is 12.8. The number of aromatic nitrogens is 1. The van der Waals surface area contributed by atoms with E-state index in [1.807, 2.05) is 18.2 Å². The molecular formula is C20H9Br3ClIN2O2. The number of nitrogens with one attached hydrogen (secondary N) is 1. The summed E-state index contributed by atoms with van der Waals surface area (Å²) in [6.45, 7) is 0. The van der Waals surface area contributed by atoms with E-state index in [1.54, 1.807) is 30.3 Å². The van der Waals surface area contributed by atoms with Crippen molar-refractivity contribution in [3.63, 3.8) is 0 Å². The van der Waals surface area contributed by atoms with E-state index in [0.717, 1.165) is 17.0 Å². The minimum absolute atomic E-state index is 0.213. The normalized spacial score (nSPS) is 11.1. The highest BCUT2D eigenvalue weighted by Gasteiger charge is 2.16. The van der Waals surface area contributed by atoms with Crippen molar-refractivity contribution in [3.05, 3.63) is 76.1 Å². The molecule has 0 saturated heterocycles. The zero-order valence-electron chi connectivity index (χ0n) is 14.3. The summed E-state index contributed by atoms with van der Waals surface area (Å²) in [5, 5.41) is 3.46. The largest absolute Gasteiger partial charge is 0.436 e. The molecule has 0 atom stereocenters. The van der Waals surface area contributed by atoms with Crippen molar-refractivity contribution < 1.29 is 9.21 Å². The van der Waals surface area contributed by atoms with Crippen molar-refractivity contribution in [2.45, 2.75) is 0 Å². The number of rotatable bonds is 3. The van der Waals surface area contributed by atoms with Crippen LogP contribution in [0.25, 0.3) is 22.6 Å². The maximum Gasteiger partial charge on any atom is 0.256 e. The van der Waals surface area contributed by atoms with E-state index in [4.69, 9.17) is 16.0 Å². The number of oxazole rings is 1. The average Bonchev–Trinajstić information content (AvgIpc) is 3.09. The predicted molar refractivity (Wildman–Crippen MR) is 135 cm³/mol. The van der Waals surface area contributed by atoms with Gasteiger partial charge in [0.1, 0.15) is 5.52 Å². The van der Waals surface area contributed by atoms with Gasteiger partial charge in [-0.25, -0.2) is 4.98 Å². The highest BCUT2D eigenvalue weighted by atomic mass is 127. The molecule has 146 valence electrons. The smallest absolute Gasteiger partial charge is 0.256 e. The Morgan fingerprint density at radius 2 is 1.83 bits per heavy atom. The van der Waals surface area contributed by atoms with Gasteiger partial charge in [-0.1, -0.05) is 43.5 Å². The number of carbonyl (C=O) groups excluding carboxylic acids is 1. The van der Waals surface area contributed by atoms with Crippen molar-refractivity contribution in [3.8, 4) is 11.5 Å². The molecular weight excluding hydrogens is 702 g/mol. The molecule has 1 aromatic heterocycles. The third-order valence-corrected chi connectivity index (χ3v) is 7.85. The fourth-order valence-electron chi connectivity index (χ4n) is 2.70. The van der Waals surface area contributed by atoms with Crippen LogP contribution in [0.1, 0.15) is 10.4 Å². The first-order valence-corrected chi connectivity index (χ1v) is 12.0. The van der Waals surface area contributed by atoms with Crippen molar-refractivity contribution in [1.29, 1.82) is 0 Å².